The maximum atomic E-state index is 6.02. The molecule has 2 aromatic carbocycles. The molecular formula is C16H13ClN2. The van der Waals surface area contributed by atoms with Crippen LogP contribution in [0.3, 0.4) is 0 Å². The normalized spacial score (nSPS) is 10.6. The van der Waals surface area contributed by atoms with Gasteiger partial charge in [0, 0.05) is 16.1 Å². The van der Waals surface area contributed by atoms with Crippen molar-refractivity contribution in [2.75, 3.05) is 5.32 Å². The van der Waals surface area contributed by atoms with E-state index in [4.69, 9.17) is 11.6 Å². The van der Waals surface area contributed by atoms with Gasteiger partial charge in [-0.2, -0.15) is 0 Å². The summed E-state index contributed by atoms with van der Waals surface area (Å²) >= 11 is 6.02. The molecule has 3 heteroatoms. The van der Waals surface area contributed by atoms with Crippen LogP contribution in [-0.4, -0.2) is 4.98 Å². The third-order valence-electron chi connectivity index (χ3n) is 3.06. The third-order valence-corrected chi connectivity index (χ3v) is 3.30. The van der Waals surface area contributed by atoms with Gasteiger partial charge in [0.1, 0.15) is 5.82 Å². The van der Waals surface area contributed by atoms with Crippen LogP contribution in [0.4, 0.5) is 11.5 Å². The van der Waals surface area contributed by atoms with Crippen molar-refractivity contribution in [2.24, 2.45) is 0 Å². The van der Waals surface area contributed by atoms with E-state index >= 15 is 0 Å². The fourth-order valence-electron chi connectivity index (χ4n) is 2.00. The Morgan fingerprint density at radius 3 is 2.74 bits per heavy atom. The Kier molecular flexibility index (Phi) is 3.10. The second-order valence-corrected chi connectivity index (χ2v) is 4.91. The average molecular weight is 269 g/mol. The summed E-state index contributed by atoms with van der Waals surface area (Å²) in [6.45, 7) is 2.04. The van der Waals surface area contributed by atoms with Crippen molar-refractivity contribution in [1.29, 1.82) is 0 Å². The second kappa shape index (κ2) is 4.90. The molecule has 0 radical (unpaired) electrons. The van der Waals surface area contributed by atoms with Gasteiger partial charge in [-0.1, -0.05) is 35.9 Å². The number of rotatable bonds is 2. The molecule has 0 aliphatic heterocycles. The van der Waals surface area contributed by atoms with Gasteiger partial charge in [0.05, 0.1) is 5.52 Å². The lowest BCUT2D eigenvalue weighted by Crippen LogP contribution is -1.95. The quantitative estimate of drug-likeness (QED) is 0.712. The van der Waals surface area contributed by atoms with Gasteiger partial charge in [-0.25, -0.2) is 4.98 Å². The van der Waals surface area contributed by atoms with Gasteiger partial charge in [-0.05, 0) is 42.8 Å². The number of fused-ring (bicyclic) bond motifs is 1. The Balaban J connectivity index is 1.98. The number of aromatic nitrogens is 1. The zero-order valence-electron chi connectivity index (χ0n) is 10.5. The summed E-state index contributed by atoms with van der Waals surface area (Å²) in [4.78, 5) is 4.59. The summed E-state index contributed by atoms with van der Waals surface area (Å²) in [5, 5.41) is 5.16. The first-order chi connectivity index (χ1) is 9.22. The zero-order valence-corrected chi connectivity index (χ0v) is 11.3. The number of para-hydroxylation sites is 1. The molecule has 1 N–H and O–H groups in total. The van der Waals surface area contributed by atoms with Crippen molar-refractivity contribution in [2.45, 2.75) is 6.92 Å². The van der Waals surface area contributed by atoms with Crippen molar-refractivity contribution in [1.82, 2.24) is 4.98 Å². The van der Waals surface area contributed by atoms with Crippen LogP contribution in [0.15, 0.2) is 54.6 Å². The lowest BCUT2D eigenvalue weighted by atomic mass is 10.2. The van der Waals surface area contributed by atoms with E-state index in [0.717, 1.165) is 28.0 Å². The SMILES string of the molecule is Cc1ccc(Cl)cc1Nc1ccc2ccccc2n1. The van der Waals surface area contributed by atoms with Crippen LogP contribution < -0.4 is 5.32 Å². The zero-order chi connectivity index (χ0) is 13.2. The van der Waals surface area contributed by atoms with E-state index < -0.39 is 0 Å². The first-order valence-corrected chi connectivity index (χ1v) is 6.49. The molecule has 0 saturated carbocycles. The summed E-state index contributed by atoms with van der Waals surface area (Å²) in [6, 6.07) is 17.9. The average Bonchev–Trinajstić information content (AvgIpc) is 2.43. The Morgan fingerprint density at radius 1 is 1.00 bits per heavy atom. The molecular weight excluding hydrogens is 256 g/mol. The summed E-state index contributed by atoms with van der Waals surface area (Å²) < 4.78 is 0. The first kappa shape index (κ1) is 12.0. The van der Waals surface area contributed by atoms with Gasteiger partial charge in [0.15, 0.2) is 0 Å². The van der Waals surface area contributed by atoms with Crippen molar-refractivity contribution in [3.8, 4) is 0 Å². The number of nitrogens with zero attached hydrogens (tertiary/aromatic N) is 1. The molecule has 0 amide bonds. The van der Waals surface area contributed by atoms with Gasteiger partial charge in [0.2, 0.25) is 0 Å². The fourth-order valence-corrected chi connectivity index (χ4v) is 2.17. The molecule has 0 saturated heterocycles. The molecule has 94 valence electrons. The van der Waals surface area contributed by atoms with E-state index in [1.807, 2.05) is 49.4 Å². The largest absolute Gasteiger partial charge is 0.340 e. The van der Waals surface area contributed by atoms with E-state index in [1.165, 1.54) is 0 Å². The third kappa shape index (κ3) is 2.54. The molecule has 1 aromatic heterocycles. The van der Waals surface area contributed by atoms with E-state index in [2.05, 4.69) is 22.4 Å². The van der Waals surface area contributed by atoms with E-state index in [-0.39, 0.29) is 0 Å². The number of hydrogen-bond acceptors (Lipinski definition) is 2. The minimum absolute atomic E-state index is 0.717. The van der Waals surface area contributed by atoms with Crippen LogP contribution in [-0.2, 0) is 0 Å². The fraction of sp³-hybridized carbons (Fsp3) is 0.0625. The highest BCUT2D eigenvalue weighted by atomic mass is 35.5. The van der Waals surface area contributed by atoms with Gasteiger partial charge in [-0.3, -0.25) is 0 Å². The number of benzene rings is 2. The number of nitrogens with one attached hydrogen (secondary N) is 1. The van der Waals surface area contributed by atoms with E-state index in [0.29, 0.717) is 5.02 Å². The van der Waals surface area contributed by atoms with E-state index in [1.54, 1.807) is 0 Å². The van der Waals surface area contributed by atoms with Crippen molar-refractivity contribution in [3.63, 3.8) is 0 Å². The maximum absolute atomic E-state index is 6.02. The molecule has 1 heterocycles. The Morgan fingerprint density at radius 2 is 1.84 bits per heavy atom. The van der Waals surface area contributed by atoms with Gasteiger partial charge >= 0.3 is 0 Å². The molecule has 0 unspecified atom stereocenters. The number of pyridine rings is 1. The number of anilines is 2. The summed E-state index contributed by atoms with van der Waals surface area (Å²) in [5.74, 6) is 0.823. The molecule has 2 nitrogen and oxygen atoms in total. The van der Waals surface area contributed by atoms with Crippen molar-refractivity contribution < 1.29 is 0 Å². The molecule has 3 rings (SSSR count). The molecule has 19 heavy (non-hydrogen) atoms. The number of halogens is 1. The Labute approximate surface area is 117 Å². The summed E-state index contributed by atoms with van der Waals surface area (Å²) in [6.07, 6.45) is 0. The van der Waals surface area contributed by atoms with Crippen molar-refractivity contribution >= 4 is 34.0 Å². The number of aryl methyl sites for hydroxylation is 1. The van der Waals surface area contributed by atoms with Crippen LogP contribution in [0.1, 0.15) is 5.56 Å². The topological polar surface area (TPSA) is 24.9 Å². The summed E-state index contributed by atoms with van der Waals surface area (Å²) in [7, 11) is 0. The van der Waals surface area contributed by atoms with Gasteiger partial charge in [0.25, 0.3) is 0 Å². The van der Waals surface area contributed by atoms with Gasteiger partial charge < -0.3 is 5.32 Å². The minimum atomic E-state index is 0.717. The monoisotopic (exact) mass is 268 g/mol. The van der Waals surface area contributed by atoms with Crippen molar-refractivity contribution in [3.05, 3.63) is 65.2 Å². The predicted octanol–water partition coefficient (Wildman–Crippen LogP) is 4.94. The molecule has 0 fully saturated rings. The molecule has 0 bridgehead atoms. The van der Waals surface area contributed by atoms with Crippen LogP contribution in [0.5, 0.6) is 0 Å². The van der Waals surface area contributed by atoms with Crippen LogP contribution in [0.25, 0.3) is 10.9 Å². The first-order valence-electron chi connectivity index (χ1n) is 6.11. The maximum Gasteiger partial charge on any atom is 0.131 e. The number of hydrogen-bond donors (Lipinski definition) is 1. The highest BCUT2D eigenvalue weighted by Crippen LogP contribution is 2.24. The predicted molar refractivity (Wildman–Crippen MR) is 81.2 cm³/mol. The Bertz CT molecular complexity index is 738. The molecule has 0 aliphatic rings. The standard InChI is InChI=1S/C16H13ClN2/c1-11-6-8-13(17)10-15(11)19-16-9-7-12-4-2-3-5-14(12)18-16/h2-10H,1H3,(H,18,19). The highest BCUT2D eigenvalue weighted by molar-refractivity contribution is 6.30. The van der Waals surface area contributed by atoms with Crippen LogP contribution in [0.2, 0.25) is 5.02 Å². The van der Waals surface area contributed by atoms with Crippen LogP contribution >= 0.6 is 11.6 Å². The van der Waals surface area contributed by atoms with E-state index in [9.17, 15) is 0 Å². The lowest BCUT2D eigenvalue weighted by molar-refractivity contribution is 1.35. The summed E-state index contributed by atoms with van der Waals surface area (Å²) in [5.41, 5.74) is 3.10. The molecule has 0 atom stereocenters. The molecule has 3 aromatic rings. The molecule has 0 spiro atoms. The Hall–Kier alpha value is -2.06. The van der Waals surface area contributed by atoms with Crippen LogP contribution in [0, 0.1) is 6.92 Å². The lowest BCUT2D eigenvalue weighted by Gasteiger charge is -2.10. The molecule has 0 aliphatic carbocycles. The second-order valence-electron chi connectivity index (χ2n) is 4.47. The minimum Gasteiger partial charge on any atom is -0.340 e. The van der Waals surface area contributed by atoms with Gasteiger partial charge in [-0.15, -0.1) is 0 Å². The highest BCUT2D eigenvalue weighted by Gasteiger charge is 2.02. The smallest absolute Gasteiger partial charge is 0.131 e.